The number of amides is 1. The summed E-state index contributed by atoms with van der Waals surface area (Å²) in [6.45, 7) is 3.99. The number of nitrogens with zero attached hydrogens (tertiary/aromatic N) is 1. The van der Waals surface area contributed by atoms with Gasteiger partial charge >= 0.3 is 0 Å². The van der Waals surface area contributed by atoms with Gasteiger partial charge in [-0.1, -0.05) is 72.8 Å². The minimum atomic E-state index is -0.201. The number of rotatable bonds is 7. The molecular weight excluding hydrogens is 416 g/mol. The molecule has 0 saturated heterocycles. The first kappa shape index (κ1) is 21.5. The highest BCUT2D eigenvalue weighted by atomic mass is 32.1. The smallest absolute Gasteiger partial charge is 0.258 e. The Morgan fingerprint density at radius 3 is 2.25 bits per heavy atom. The van der Waals surface area contributed by atoms with Crippen molar-refractivity contribution in [2.24, 2.45) is 0 Å². The molecule has 32 heavy (non-hydrogen) atoms. The monoisotopic (exact) mass is 440 g/mol. The molecule has 3 aromatic carbocycles. The van der Waals surface area contributed by atoms with Gasteiger partial charge in [-0.15, -0.1) is 11.3 Å². The van der Waals surface area contributed by atoms with Gasteiger partial charge in [-0.3, -0.25) is 10.1 Å². The van der Waals surface area contributed by atoms with Crippen LogP contribution in [0.5, 0.6) is 5.75 Å². The number of thiazole rings is 1. The van der Waals surface area contributed by atoms with Crippen molar-refractivity contribution in [3.8, 4) is 17.0 Å². The Hall–Kier alpha value is -3.70. The van der Waals surface area contributed by atoms with Crippen molar-refractivity contribution >= 4 is 34.0 Å². The number of nitrogens with one attached hydrogen (secondary N) is 1. The van der Waals surface area contributed by atoms with Gasteiger partial charge in [0.05, 0.1) is 11.8 Å². The number of carbonyl (C=O) groups excluding carboxylic acids is 1. The second kappa shape index (κ2) is 10.1. The van der Waals surface area contributed by atoms with E-state index in [0.717, 1.165) is 28.1 Å². The molecular formula is C27H24N2O2S. The molecule has 4 nitrogen and oxygen atoms in total. The molecule has 0 aliphatic heterocycles. The van der Waals surface area contributed by atoms with Crippen molar-refractivity contribution in [3.63, 3.8) is 0 Å². The highest BCUT2D eigenvalue weighted by Crippen LogP contribution is 2.27. The standard InChI is InChI=1S/C27H24N2O2S/c1-19(2)31-23-15-13-20(14-16-23)17-24(21-9-5-3-6-10-21)26(30)29-27-28-25(18-32-27)22-11-7-4-8-12-22/h3-19H,1-2H3,(H,28,29,30)/b24-17+. The number of benzene rings is 3. The summed E-state index contributed by atoms with van der Waals surface area (Å²) in [5.41, 5.74) is 4.19. The van der Waals surface area contributed by atoms with E-state index in [4.69, 9.17) is 4.74 Å². The average Bonchev–Trinajstić information content (AvgIpc) is 3.28. The van der Waals surface area contributed by atoms with Crippen LogP contribution in [0.15, 0.2) is 90.3 Å². The highest BCUT2D eigenvalue weighted by molar-refractivity contribution is 7.14. The van der Waals surface area contributed by atoms with E-state index < -0.39 is 0 Å². The lowest BCUT2D eigenvalue weighted by molar-refractivity contribution is -0.111. The molecule has 0 saturated carbocycles. The second-order valence-corrected chi connectivity index (χ2v) is 8.38. The van der Waals surface area contributed by atoms with Crippen LogP contribution in [0.4, 0.5) is 5.13 Å². The maximum atomic E-state index is 13.2. The van der Waals surface area contributed by atoms with Crippen LogP contribution in [0.1, 0.15) is 25.0 Å². The minimum Gasteiger partial charge on any atom is -0.491 e. The van der Waals surface area contributed by atoms with E-state index in [0.29, 0.717) is 10.7 Å². The third-order valence-electron chi connectivity index (χ3n) is 4.69. The summed E-state index contributed by atoms with van der Waals surface area (Å²) in [6.07, 6.45) is 2.00. The Kier molecular flexibility index (Phi) is 6.78. The lowest BCUT2D eigenvalue weighted by Gasteiger charge is -2.10. The van der Waals surface area contributed by atoms with Crippen molar-refractivity contribution in [2.45, 2.75) is 20.0 Å². The first-order chi connectivity index (χ1) is 15.6. The molecule has 0 fully saturated rings. The predicted octanol–water partition coefficient (Wildman–Crippen LogP) is 6.78. The molecule has 160 valence electrons. The van der Waals surface area contributed by atoms with Gasteiger partial charge in [0.1, 0.15) is 5.75 Å². The summed E-state index contributed by atoms with van der Waals surface area (Å²) >= 11 is 1.41. The van der Waals surface area contributed by atoms with Gasteiger partial charge < -0.3 is 4.74 Å². The van der Waals surface area contributed by atoms with Crippen molar-refractivity contribution in [2.75, 3.05) is 5.32 Å². The van der Waals surface area contributed by atoms with Crippen molar-refractivity contribution < 1.29 is 9.53 Å². The van der Waals surface area contributed by atoms with E-state index in [1.54, 1.807) is 0 Å². The first-order valence-electron chi connectivity index (χ1n) is 10.4. The van der Waals surface area contributed by atoms with Crippen LogP contribution in [0.25, 0.3) is 22.9 Å². The van der Waals surface area contributed by atoms with Crippen LogP contribution in [0.2, 0.25) is 0 Å². The largest absolute Gasteiger partial charge is 0.491 e. The zero-order valence-corrected chi connectivity index (χ0v) is 18.8. The summed E-state index contributed by atoms with van der Waals surface area (Å²) in [6, 6.07) is 27.3. The van der Waals surface area contributed by atoms with E-state index in [-0.39, 0.29) is 12.0 Å². The molecule has 0 aliphatic carbocycles. The van der Waals surface area contributed by atoms with E-state index in [1.807, 2.05) is 110 Å². The van der Waals surface area contributed by atoms with Crippen LogP contribution >= 0.6 is 11.3 Å². The van der Waals surface area contributed by atoms with Gasteiger partial charge in [0.25, 0.3) is 5.91 Å². The maximum absolute atomic E-state index is 13.2. The molecule has 4 aromatic rings. The van der Waals surface area contributed by atoms with Crippen LogP contribution < -0.4 is 10.1 Å². The van der Waals surface area contributed by atoms with Crippen molar-refractivity contribution in [3.05, 3.63) is 101 Å². The molecule has 0 atom stereocenters. The van der Waals surface area contributed by atoms with Gasteiger partial charge in [-0.25, -0.2) is 4.98 Å². The molecule has 0 bridgehead atoms. The van der Waals surface area contributed by atoms with Crippen LogP contribution in [-0.4, -0.2) is 17.0 Å². The maximum Gasteiger partial charge on any atom is 0.258 e. The Bertz CT molecular complexity index is 1200. The van der Waals surface area contributed by atoms with E-state index in [9.17, 15) is 4.79 Å². The summed E-state index contributed by atoms with van der Waals surface area (Å²) in [7, 11) is 0. The molecule has 0 spiro atoms. The fourth-order valence-corrected chi connectivity index (χ4v) is 3.93. The number of ether oxygens (including phenoxy) is 1. The van der Waals surface area contributed by atoms with E-state index >= 15 is 0 Å². The van der Waals surface area contributed by atoms with Crippen molar-refractivity contribution in [1.82, 2.24) is 4.98 Å². The zero-order valence-electron chi connectivity index (χ0n) is 18.0. The first-order valence-corrected chi connectivity index (χ1v) is 11.3. The molecule has 1 aromatic heterocycles. The molecule has 0 aliphatic rings. The quantitative estimate of drug-likeness (QED) is 0.255. The molecule has 1 heterocycles. The zero-order chi connectivity index (χ0) is 22.3. The minimum absolute atomic E-state index is 0.112. The van der Waals surface area contributed by atoms with Crippen LogP contribution in [0.3, 0.4) is 0 Å². The number of hydrogen-bond donors (Lipinski definition) is 1. The van der Waals surface area contributed by atoms with Gasteiger partial charge in [0.15, 0.2) is 5.13 Å². The third-order valence-corrected chi connectivity index (χ3v) is 5.44. The van der Waals surface area contributed by atoms with E-state index in [2.05, 4.69) is 10.3 Å². The summed E-state index contributed by atoms with van der Waals surface area (Å²) < 4.78 is 5.72. The normalized spacial score (nSPS) is 11.4. The number of carbonyl (C=O) groups is 1. The van der Waals surface area contributed by atoms with Gasteiger partial charge in [-0.2, -0.15) is 0 Å². The SMILES string of the molecule is CC(C)Oc1ccc(/C=C(/C(=O)Nc2nc(-c3ccccc3)cs2)c2ccccc2)cc1. The summed E-state index contributed by atoms with van der Waals surface area (Å²) in [5.74, 6) is 0.603. The number of aromatic nitrogens is 1. The Morgan fingerprint density at radius 2 is 1.59 bits per heavy atom. The fourth-order valence-electron chi connectivity index (χ4n) is 3.22. The summed E-state index contributed by atoms with van der Waals surface area (Å²) in [4.78, 5) is 17.8. The second-order valence-electron chi connectivity index (χ2n) is 7.52. The molecule has 0 unspecified atom stereocenters. The molecule has 1 amide bonds. The topological polar surface area (TPSA) is 51.2 Å². The molecule has 0 radical (unpaired) electrons. The highest BCUT2D eigenvalue weighted by Gasteiger charge is 2.15. The van der Waals surface area contributed by atoms with E-state index in [1.165, 1.54) is 11.3 Å². The lowest BCUT2D eigenvalue weighted by atomic mass is 10.0. The Morgan fingerprint density at radius 1 is 0.938 bits per heavy atom. The van der Waals surface area contributed by atoms with Crippen molar-refractivity contribution in [1.29, 1.82) is 0 Å². The van der Waals surface area contributed by atoms with Crippen LogP contribution in [-0.2, 0) is 4.79 Å². The fraction of sp³-hybridized carbons (Fsp3) is 0.111. The van der Waals surface area contributed by atoms with Gasteiger partial charge in [0.2, 0.25) is 0 Å². The molecule has 1 N–H and O–H groups in total. The van der Waals surface area contributed by atoms with Gasteiger partial charge in [0, 0.05) is 16.5 Å². The number of anilines is 1. The lowest BCUT2D eigenvalue weighted by Crippen LogP contribution is -2.13. The molecule has 4 rings (SSSR count). The average molecular weight is 441 g/mol. The Labute approximate surface area is 192 Å². The third kappa shape index (κ3) is 5.50. The molecule has 5 heteroatoms. The number of hydrogen-bond acceptors (Lipinski definition) is 4. The Balaban J connectivity index is 1.59. The van der Waals surface area contributed by atoms with Gasteiger partial charge in [-0.05, 0) is 43.2 Å². The predicted molar refractivity (Wildman–Crippen MR) is 133 cm³/mol. The summed E-state index contributed by atoms with van der Waals surface area (Å²) in [5, 5.41) is 5.48. The van der Waals surface area contributed by atoms with Crippen LogP contribution in [0, 0.1) is 0 Å².